The van der Waals surface area contributed by atoms with Crippen molar-refractivity contribution in [2.45, 2.75) is 36.6 Å². The second-order valence-electron chi connectivity index (χ2n) is 12.0. The lowest BCUT2D eigenvalue weighted by atomic mass is 9.74. The number of fused-ring (bicyclic) bond motifs is 2. The molecule has 5 heterocycles. The van der Waals surface area contributed by atoms with E-state index in [1.54, 1.807) is 11.0 Å². The third-order valence-electron chi connectivity index (χ3n) is 9.34. The van der Waals surface area contributed by atoms with Crippen molar-refractivity contribution in [1.29, 1.82) is 0 Å². The average molecular weight is 688 g/mol. The molecule has 13 heteroatoms. The molecule has 5 aliphatic heterocycles. The number of esters is 1. The molecule has 2 N–H and O–H groups in total. The molecule has 0 radical (unpaired) electrons. The van der Waals surface area contributed by atoms with E-state index in [-0.39, 0.29) is 38.6 Å². The number of nitrogens with one attached hydrogen (secondary N) is 1. The summed E-state index contributed by atoms with van der Waals surface area (Å²) in [5.74, 6) is -3.50. The highest BCUT2D eigenvalue weighted by Crippen LogP contribution is 2.58. The Kier molecular flexibility index (Phi) is 9.71. The highest BCUT2D eigenvalue weighted by molar-refractivity contribution is 9.11. The monoisotopic (exact) mass is 686 g/mol. The van der Waals surface area contributed by atoms with Crippen molar-refractivity contribution in [3.63, 3.8) is 0 Å². The second kappa shape index (κ2) is 13.7. The zero-order valence-corrected chi connectivity index (χ0v) is 26.6. The number of aliphatic hydroxyl groups is 1. The third-order valence-corrected chi connectivity index (χ3v) is 10.0. The number of hydrogen-bond donors (Lipinski definition) is 2. The molecule has 12 nitrogen and oxygen atoms in total. The number of morpholine rings is 1. The van der Waals surface area contributed by atoms with Gasteiger partial charge in [0.15, 0.2) is 0 Å². The molecule has 3 amide bonds. The van der Waals surface area contributed by atoms with Crippen molar-refractivity contribution >= 4 is 39.6 Å². The van der Waals surface area contributed by atoms with Gasteiger partial charge in [-0.05, 0) is 18.1 Å². The first-order chi connectivity index (χ1) is 21.8. The van der Waals surface area contributed by atoms with Gasteiger partial charge >= 0.3 is 5.97 Å². The number of cyclic esters (lactones) is 1. The second-order valence-corrected chi connectivity index (χ2v) is 12.9. The van der Waals surface area contributed by atoms with Gasteiger partial charge in [0, 0.05) is 50.2 Å². The Morgan fingerprint density at radius 1 is 1.00 bits per heavy atom. The van der Waals surface area contributed by atoms with Gasteiger partial charge in [0.05, 0.1) is 37.7 Å². The van der Waals surface area contributed by atoms with Gasteiger partial charge in [-0.2, -0.15) is 0 Å². The molecule has 1 aromatic carbocycles. The molecule has 1 aromatic rings. The van der Waals surface area contributed by atoms with E-state index in [9.17, 15) is 24.3 Å². The Bertz CT molecular complexity index is 1350. The summed E-state index contributed by atoms with van der Waals surface area (Å²) in [6.45, 7) is 3.52. The first-order valence-corrected chi connectivity index (χ1v) is 16.4. The Balaban J connectivity index is 1.36. The summed E-state index contributed by atoms with van der Waals surface area (Å²) in [5.41, 5.74) is -0.646. The van der Waals surface area contributed by atoms with E-state index in [1.165, 1.54) is 4.90 Å². The van der Waals surface area contributed by atoms with E-state index >= 15 is 0 Å². The number of carbonyl (C=O) groups excluding carboxylic acids is 4. The van der Waals surface area contributed by atoms with Crippen LogP contribution in [0.15, 0.2) is 53.0 Å². The molecule has 5 bridgehead atoms. The van der Waals surface area contributed by atoms with Crippen molar-refractivity contribution in [3.8, 4) is 0 Å². The maximum atomic E-state index is 14.6. The van der Waals surface area contributed by atoms with Crippen LogP contribution in [-0.4, -0.2) is 127 Å². The SMILES string of the molecule is O=C1CC/C=C\CN(CCN2CCOCC2)C(=O)[C@H]2N(CCO)C(=O)[C@@H]3[C@@H](C(=O)N[C@@H](c4ccccc4)CO1)[C@@H]1O[C@@]32C=C1Br. The molecule has 0 aliphatic carbocycles. The van der Waals surface area contributed by atoms with Crippen molar-refractivity contribution in [2.75, 3.05) is 65.7 Å². The molecular weight excluding hydrogens is 648 g/mol. The summed E-state index contributed by atoms with van der Waals surface area (Å²) in [6, 6.07) is 7.46. The maximum Gasteiger partial charge on any atom is 0.306 e. The molecule has 242 valence electrons. The van der Waals surface area contributed by atoms with Gasteiger partial charge in [0.25, 0.3) is 0 Å². The lowest BCUT2D eigenvalue weighted by molar-refractivity contribution is -0.148. The number of ether oxygens (including phenoxy) is 3. The molecule has 3 saturated heterocycles. The normalized spacial score (nSPS) is 33.6. The van der Waals surface area contributed by atoms with Crippen molar-refractivity contribution < 1.29 is 38.5 Å². The van der Waals surface area contributed by atoms with E-state index in [4.69, 9.17) is 14.2 Å². The van der Waals surface area contributed by atoms with Crippen LogP contribution in [0.3, 0.4) is 0 Å². The molecule has 45 heavy (non-hydrogen) atoms. The van der Waals surface area contributed by atoms with Gasteiger partial charge in [-0.1, -0.05) is 58.4 Å². The fourth-order valence-electron chi connectivity index (χ4n) is 7.14. The first kappa shape index (κ1) is 31.9. The largest absolute Gasteiger partial charge is 0.463 e. The molecule has 6 atom stereocenters. The number of rotatable bonds is 6. The minimum atomic E-state index is -1.39. The highest BCUT2D eigenvalue weighted by Gasteiger charge is 2.74. The van der Waals surface area contributed by atoms with Gasteiger partial charge in [-0.3, -0.25) is 24.1 Å². The number of aliphatic hydroxyl groups excluding tert-OH is 1. The first-order valence-electron chi connectivity index (χ1n) is 15.6. The van der Waals surface area contributed by atoms with Gasteiger partial charge in [0.2, 0.25) is 17.7 Å². The average Bonchev–Trinajstić information content (AvgIpc) is 3.64. The van der Waals surface area contributed by atoms with Crippen LogP contribution in [0, 0.1) is 11.8 Å². The van der Waals surface area contributed by atoms with Crippen LogP contribution in [0.25, 0.3) is 0 Å². The fourth-order valence-corrected chi connectivity index (χ4v) is 7.87. The molecular formula is C32H39BrN4O8. The van der Waals surface area contributed by atoms with Gasteiger partial charge in [0.1, 0.15) is 24.4 Å². The molecule has 0 unspecified atom stereocenters. The number of nitrogens with zero attached hydrogens (tertiary/aromatic N) is 3. The number of hydrogen-bond acceptors (Lipinski definition) is 9. The van der Waals surface area contributed by atoms with Crippen LogP contribution in [0.5, 0.6) is 0 Å². The summed E-state index contributed by atoms with van der Waals surface area (Å²) in [6.07, 6.45) is 5.26. The number of benzene rings is 1. The number of halogens is 1. The van der Waals surface area contributed by atoms with Crippen molar-refractivity contribution in [3.05, 3.63) is 58.6 Å². The number of allylic oxidation sites excluding steroid dienone is 1. The summed E-state index contributed by atoms with van der Waals surface area (Å²) < 4.78 is 18.2. The van der Waals surface area contributed by atoms with E-state index in [2.05, 4.69) is 26.1 Å². The Morgan fingerprint density at radius 3 is 2.53 bits per heavy atom. The van der Waals surface area contributed by atoms with Crippen LogP contribution < -0.4 is 5.32 Å². The maximum absolute atomic E-state index is 14.6. The molecule has 0 saturated carbocycles. The lowest BCUT2D eigenvalue weighted by Crippen LogP contribution is -2.57. The van der Waals surface area contributed by atoms with E-state index < -0.39 is 53.4 Å². The minimum absolute atomic E-state index is 0.0724. The van der Waals surface area contributed by atoms with Gasteiger partial charge in [-0.25, -0.2) is 0 Å². The summed E-state index contributed by atoms with van der Waals surface area (Å²) in [5, 5.41) is 13.0. The number of β-amino-alcohol motifs (C(OH)–C–C–N with tert-alkyl or cyclic N) is 1. The predicted octanol–water partition coefficient (Wildman–Crippen LogP) is 0.763. The predicted molar refractivity (Wildman–Crippen MR) is 165 cm³/mol. The number of carbonyl (C=O) groups is 4. The van der Waals surface area contributed by atoms with Gasteiger partial charge in [-0.15, -0.1) is 0 Å². The number of likely N-dealkylation sites (tertiary alicyclic amines) is 1. The standard InChI is InChI=1S/C32H39BrN4O8/c33-22-19-32-26-25(27(22)45-32)29(40)34-23(21-7-3-1-4-8-21)20-44-24(39)9-5-2-6-10-36(12-11-35-14-17-43-18-15-35)31(42)28(32)37(13-16-38)30(26)41/h1-4,6-8,19,23,25-28,38H,5,9-18,20H2,(H,34,40)/b6-2-/t23-,25-,26+,27-,28-,32+/m1/s1. The van der Waals surface area contributed by atoms with Crippen LogP contribution in [0.4, 0.5) is 0 Å². The summed E-state index contributed by atoms with van der Waals surface area (Å²) in [7, 11) is 0. The smallest absolute Gasteiger partial charge is 0.306 e. The van der Waals surface area contributed by atoms with E-state index in [0.717, 1.165) is 18.7 Å². The van der Waals surface area contributed by atoms with Gasteiger partial charge < -0.3 is 34.4 Å². The molecule has 1 spiro atoms. The fraction of sp³-hybridized carbons (Fsp3) is 0.562. The van der Waals surface area contributed by atoms with Crippen molar-refractivity contribution in [2.24, 2.45) is 11.8 Å². The Hall–Kier alpha value is -3.10. The van der Waals surface area contributed by atoms with Crippen molar-refractivity contribution in [1.82, 2.24) is 20.0 Å². The lowest BCUT2D eigenvalue weighted by Gasteiger charge is -2.36. The third kappa shape index (κ3) is 6.20. The molecule has 6 rings (SSSR count). The van der Waals surface area contributed by atoms with E-state index in [0.29, 0.717) is 37.2 Å². The Morgan fingerprint density at radius 2 is 1.78 bits per heavy atom. The topological polar surface area (TPSA) is 138 Å². The number of amides is 3. The zero-order valence-electron chi connectivity index (χ0n) is 25.0. The van der Waals surface area contributed by atoms with Crippen LogP contribution >= 0.6 is 15.9 Å². The van der Waals surface area contributed by atoms with Crippen LogP contribution in [0.2, 0.25) is 0 Å². The summed E-state index contributed by atoms with van der Waals surface area (Å²) >= 11 is 3.57. The molecule has 5 aliphatic rings. The van der Waals surface area contributed by atoms with E-state index in [1.807, 2.05) is 42.5 Å². The summed E-state index contributed by atoms with van der Waals surface area (Å²) in [4.78, 5) is 60.8. The Labute approximate surface area is 270 Å². The van der Waals surface area contributed by atoms with Crippen LogP contribution in [0.1, 0.15) is 24.4 Å². The molecule has 3 fully saturated rings. The molecule has 0 aromatic heterocycles. The quantitative estimate of drug-likeness (QED) is 0.328. The minimum Gasteiger partial charge on any atom is -0.463 e. The zero-order chi connectivity index (χ0) is 31.6. The highest BCUT2D eigenvalue weighted by atomic mass is 79.9. The van der Waals surface area contributed by atoms with Crippen LogP contribution in [-0.2, 0) is 33.4 Å².